The molecule has 0 aliphatic heterocycles. The molecule has 0 atom stereocenters. The summed E-state index contributed by atoms with van der Waals surface area (Å²) in [6.45, 7) is 0. The highest BCUT2D eigenvalue weighted by Gasteiger charge is 2.33. The summed E-state index contributed by atoms with van der Waals surface area (Å²) in [5.41, 5.74) is -1.17. The predicted octanol–water partition coefficient (Wildman–Crippen LogP) is 4.93. The van der Waals surface area contributed by atoms with Crippen molar-refractivity contribution in [3.8, 4) is 6.07 Å². The van der Waals surface area contributed by atoms with Crippen molar-refractivity contribution in [2.24, 2.45) is 0 Å². The molecule has 0 spiro atoms. The zero-order valence-corrected chi connectivity index (χ0v) is 14.1. The number of rotatable bonds is 4. The van der Waals surface area contributed by atoms with E-state index in [9.17, 15) is 18.0 Å². The summed E-state index contributed by atoms with van der Waals surface area (Å²) >= 11 is 3.29. The summed E-state index contributed by atoms with van der Waals surface area (Å²) in [6, 6.07) is 13.2. The van der Waals surface area contributed by atoms with Crippen LogP contribution in [-0.4, -0.2) is 5.91 Å². The molecule has 0 radical (unpaired) electrons. The highest BCUT2D eigenvalue weighted by Crippen LogP contribution is 2.34. The Morgan fingerprint density at radius 3 is 2.28 bits per heavy atom. The number of para-hydroxylation sites is 2. The predicted molar refractivity (Wildman–Crippen MR) is 91.5 cm³/mol. The van der Waals surface area contributed by atoms with Gasteiger partial charge in [-0.05, 0) is 40.2 Å². The SMILES string of the molecule is N#C/C(=C/Nc1ccccc1Br)C(=O)Nc1ccccc1C(F)(F)F. The molecule has 1 amide bonds. The lowest BCUT2D eigenvalue weighted by atomic mass is 10.1. The van der Waals surface area contributed by atoms with Crippen LogP contribution in [-0.2, 0) is 11.0 Å². The van der Waals surface area contributed by atoms with Crippen LogP contribution < -0.4 is 10.6 Å². The van der Waals surface area contributed by atoms with Gasteiger partial charge in [0.1, 0.15) is 11.6 Å². The van der Waals surface area contributed by atoms with Crippen LogP contribution >= 0.6 is 15.9 Å². The Balaban J connectivity index is 2.21. The number of anilines is 2. The summed E-state index contributed by atoms with van der Waals surface area (Å²) in [4.78, 5) is 12.1. The number of nitriles is 1. The third-order valence-electron chi connectivity index (χ3n) is 3.09. The minimum absolute atomic E-state index is 0.368. The van der Waals surface area contributed by atoms with Crippen molar-refractivity contribution in [2.45, 2.75) is 6.18 Å². The number of carbonyl (C=O) groups is 1. The number of hydrogen-bond acceptors (Lipinski definition) is 3. The largest absolute Gasteiger partial charge is 0.418 e. The van der Waals surface area contributed by atoms with E-state index in [2.05, 4.69) is 26.6 Å². The lowest BCUT2D eigenvalue weighted by Crippen LogP contribution is -2.18. The molecule has 2 aromatic rings. The van der Waals surface area contributed by atoms with Gasteiger partial charge >= 0.3 is 6.18 Å². The van der Waals surface area contributed by atoms with Crippen molar-refractivity contribution < 1.29 is 18.0 Å². The van der Waals surface area contributed by atoms with Crippen LogP contribution in [0.15, 0.2) is 64.8 Å². The van der Waals surface area contributed by atoms with Gasteiger partial charge in [0.05, 0.1) is 16.9 Å². The van der Waals surface area contributed by atoms with Gasteiger partial charge < -0.3 is 10.6 Å². The van der Waals surface area contributed by atoms with E-state index in [4.69, 9.17) is 5.26 Å². The topological polar surface area (TPSA) is 64.9 Å². The number of nitrogens with one attached hydrogen (secondary N) is 2. The molecule has 0 unspecified atom stereocenters. The van der Waals surface area contributed by atoms with Gasteiger partial charge in [0.15, 0.2) is 0 Å². The monoisotopic (exact) mass is 409 g/mol. The standard InChI is InChI=1S/C17H11BrF3N3O/c18-13-6-2-4-8-15(13)23-10-11(9-22)16(25)24-14-7-3-1-5-12(14)17(19,20)21/h1-8,10,23H,(H,24,25)/b11-10-. The molecule has 2 N–H and O–H groups in total. The lowest BCUT2D eigenvalue weighted by molar-refractivity contribution is -0.137. The van der Waals surface area contributed by atoms with Gasteiger partial charge in [0, 0.05) is 10.7 Å². The van der Waals surface area contributed by atoms with Crippen molar-refractivity contribution in [3.05, 3.63) is 70.3 Å². The van der Waals surface area contributed by atoms with Gasteiger partial charge in [-0.15, -0.1) is 0 Å². The molecular weight excluding hydrogens is 399 g/mol. The van der Waals surface area contributed by atoms with Gasteiger partial charge in [-0.25, -0.2) is 0 Å². The second kappa shape index (κ2) is 7.85. The number of alkyl halides is 3. The molecular formula is C17H11BrF3N3O. The van der Waals surface area contributed by atoms with Crippen LogP contribution in [0.5, 0.6) is 0 Å². The third-order valence-corrected chi connectivity index (χ3v) is 3.78. The molecule has 0 aromatic heterocycles. The van der Waals surface area contributed by atoms with Crippen LogP contribution in [0.25, 0.3) is 0 Å². The molecule has 4 nitrogen and oxygen atoms in total. The maximum Gasteiger partial charge on any atom is 0.418 e. The minimum atomic E-state index is -4.62. The third kappa shape index (κ3) is 4.84. The Labute approximate surface area is 150 Å². The van der Waals surface area contributed by atoms with Crippen molar-refractivity contribution in [3.63, 3.8) is 0 Å². The van der Waals surface area contributed by atoms with Gasteiger partial charge in [0.2, 0.25) is 0 Å². The quantitative estimate of drug-likeness (QED) is 0.555. The zero-order chi connectivity index (χ0) is 18.4. The zero-order valence-electron chi connectivity index (χ0n) is 12.6. The van der Waals surface area contributed by atoms with E-state index in [1.54, 1.807) is 30.3 Å². The van der Waals surface area contributed by atoms with E-state index in [0.29, 0.717) is 10.2 Å². The van der Waals surface area contributed by atoms with E-state index in [1.165, 1.54) is 12.1 Å². The molecule has 0 aliphatic rings. The summed E-state index contributed by atoms with van der Waals surface area (Å²) in [5.74, 6) is -0.946. The summed E-state index contributed by atoms with van der Waals surface area (Å²) in [6.07, 6.45) is -3.49. The van der Waals surface area contributed by atoms with E-state index in [-0.39, 0.29) is 5.57 Å². The molecule has 128 valence electrons. The molecule has 0 heterocycles. The Bertz CT molecular complexity index is 857. The average Bonchev–Trinajstić information content (AvgIpc) is 2.56. The number of benzene rings is 2. The fraction of sp³-hybridized carbons (Fsp3) is 0.0588. The Morgan fingerprint density at radius 1 is 1.08 bits per heavy atom. The van der Waals surface area contributed by atoms with Crippen LogP contribution in [0.2, 0.25) is 0 Å². The van der Waals surface area contributed by atoms with Crippen LogP contribution in [0.1, 0.15) is 5.56 Å². The molecule has 0 aliphatic carbocycles. The lowest BCUT2D eigenvalue weighted by Gasteiger charge is -2.13. The minimum Gasteiger partial charge on any atom is -0.359 e. The molecule has 2 aromatic carbocycles. The van der Waals surface area contributed by atoms with Gasteiger partial charge in [-0.3, -0.25) is 4.79 Å². The number of nitrogens with zero attached hydrogens (tertiary/aromatic N) is 1. The smallest absolute Gasteiger partial charge is 0.359 e. The Hall–Kier alpha value is -2.79. The van der Waals surface area contributed by atoms with Gasteiger partial charge in [0.25, 0.3) is 5.91 Å². The fourth-order valence-electron chi connectivity index (χ4n) is 1.91. The van der Waals surface area contributed by atoms with Gasteiger partial charge in [-0.1, -0.05) is 24.3 Å². The molecule has 0 saturated carbocycles. The van der Waals surface area contributed by atoms with Crippen molar-refractivity contribution in [2.75, 3.05) is 10.6 Å². The molecule has 2 rings (SSSR count). The maximum atomic E-state index is 12.9. The van der Waals surface area contributed by atoms with E-state index in [0.717, 1.165) is 18.3 Å². The first-order valence-electron chi connectivity index (χ1n) is 6.92. The summed E-state index contributed by atoms with van der Waals surface area (Å²) < 4.78 is 39.5. The van der Waals surface area contributed by atoms with E-state index >= 15 is 0 Å². The summed E-state index contributed by atoms with van der Waals surface area (Å²) in [7, 11) is 0. The number of halogens is 4. The van der Waals surface area contributed by atoms with Crippen molar-refractivity contribution in [1.29, 1.82) is 5.26 Å². The van der Waals surface area contributed by atoms with E-state index < -0.39 is 23.3 Å². The maximum absolute atomic E-state index is 12.9. The van der Waals surface area contributed by atoms with E-state index in [1.807, 2.05) is 0 Å². The van der Waals surface area contributed by atoms with Crippen molar-refractivity contribution >= 4 is 33.2 Å². The first kappa shape index (κ1) is 18.5. The molecule has 8 heteroatoms. The summed E-state index contributed by atoms with van der Waals surface area (Å²) in [5, 5.41) is 14.0. The number of hydrogen-bond donors (Lipinski definition) is 2. The highest BCUT2D eigenvalue weighted by molar-refractivity contribution is 9.10. The average molecular weight is 410 g/mol. The highest BCUT2D eigenvalue weighted by atomic mass is 79.9. The number of amides is 1. The molecule has 0 fully saturated rings. The Morgan fingerprint density at radius 2 is 1.68 bits per heavy atom. The molecule has 0 saturated heterocycles. The normalized spacial score (nSPS) is 11.6. The van der Waals surface area contributed by atoms with Crippen molar-refractivity contribution in [1.82, 2.24) is 0 Å². The first-order chi connectivity index (χ1) is 11.8. The number of carbonyl (C=O) groups excluding carboxylic acids is 1. The Kier molecular flexibility index (Phi) is 5.83. The van der Waals surface area contributed by atoms with Crippen LogP contribution in [0.4, 0.5) is 24.5 Å². The van der Waals surface area contributed by atoms with Crippen LogP contribution in [0, 0.1) is 11.3 Å². The first-order valence-corrected chi connectivity index (χ1v) is 7.71. The van der Waals surface area contributed by atoms with Gasteiger partial charge in [-0.2, -0.15) is 18.4 Å². The second-order valence-corrected chi connectivity index (χ2v) is 5.65. The fourth-order valence-corrected chi connectivity index (χ4v) is 2.30. The second-order valence-electron chi connectivity index (χ2n) is 4.79. The van der Waals surface area contributed by atoms with Crippen LogP contribution in [0.3, 0.4) is 0 Å². The molecule has 25 heavy (non-hydrogen) atoms. The molecule has 0 bridgehead atoms.